The summed E-state index contributed by atoms with van der Waals surface area (Å²) in [5.41, 5.74) is -0.924. The molecule has 2 amide bonds. The number of hydrogen-bond acceptors (Lipinski definition) is 4. The van der Waals surface area contributed by atoms with Gasteiger partial charge in [-0.15, -0.1) is 0 Å². The van der Waals surface area contributed by atoms with Crippen LogP contribution in [0.3, 0.4) is 0 Å². The van der Waals surface area contributed by atoms with E-state index in [0.717, 1.165) is 0 Å². The van der Waals surface area contributed by atoms with Gasteiger partial charge in [0, 0.05) is 18.9 Å². The molecule has 0 aliphatic carbocycles. The van der Waals surface area contributed by atoms with E-state index in [9.17, 15) is 9.59 Å². The van der Waals surface area contributed by atoms with Gasteiger partial charge in [0.25, 0.3) is 0 Å². The predicted octanol–water partition coefficient (Wildman–Crippen LogP) is 3.13. The molecule has 0 spiro atoms. The molecule has 1 saturated heterocycles. The largest absolute Gasteiger partial charge is 0.444 e. The Morgan fingerprint density at radius 2 is 1.83 bits per heavy atom. The maximum atomic E-state index is 12.7. The second-order valence-electron chi connectivity index (χ2n) is 8.14. The van der Waals surface area contributed by atoms with Crippen molar-refractivity contribution in [3.8, 4) is 6.07 Å². The van der Waals surface area contributed by atoms with Crippen molar-refractivity contribution in [2.24, 2.45) is 5.41 Å². The number of amides is 2. The molecule has 0 bridgehead atoms. The van der Waals surface area contributed by atoms with Crippen molar-refractivity contribution < 1.29 is 14.3 Å². The van der Waals surface area contributed by atoms with Crippen molar-refractivity contribution in [3.63, 3.8) is 0 Å². The molecule has 23 heavy (non-hydrogen) atoms. The predicted molar refractivity (Wildman–Crippen MR) is 87.3 cm³/mol. The molecule has 1 heterocycles. The topological polar surface area (TPSA) is 73.6 Å². The zero-order chi connectivity index (χ0) is 18.0. The lowest BCUT2D eigenvalue weighted by atomic mass is 9.91. The summed E-state index contributed by atoms with van der Waals surface area (Å²) in [6.45, 7) is 11.4. The Bertz CT molecular complexity index is 497. The zero-order valence-electron chi connectivity index (χ0n) is 15.3. The average Bonchev–Trinajstić information content (AvgIpc) is 2.61. The van der Waals surface area contributed by atoms with Crippen molar-refractivity contribution in [2.45, 2.75) is 78.6 Å². The SMILES string of the molecule is CN1C(=O)[C@H](CCC[11C]#N)N(C(=O)OC(C)(C)C)[C@H]1C(C)(C)C. The van der Waals surface area contributed by atoms with Crippen LogP contribution in [0.1, 0.15) is 60.8 Å². The summed E-state index contributed by atoms with van der Waals surface area (Å²) < 4.78 is 5.52. The highest BCUT2D eigenvalue weighted by atomic mass is 16.6. The third kappa shape index (κ3) is 4.60. The van der Waals surface area contributed by atoms with Crippen LogP contribution >= 0.6 is 0 Å². The van der Waals surface area contributed by atoms with E-state index in [1.807, 2.05) is 41.5 Å². The quantitative estimate of drug-likeness (QED) is 0.748. The molecule has 1 rings (SSSR count). The summed E-state index contributed by atoms with van der Waals surface area (Å²) in [5.74, 6) is -0.0891. The van der Waals surface area contributed by atoms with Gasteiger partial charge in [-0.25, -0.2) is 4.79 Å². The number of hydrogen-bond donors (Lipinski definition) is 0. The molecule has 1 fully saturated rings. The lowest BCUT2D eigenvalue weighted by Crippen LogP contribution is -2.52. The van der Waals surface area contributed by atoms with Crippen LogP contribution in [0.5, 0.6) is 0 Å². The van der Waals surface area contributed by atoms with Crippen LogP contribution in [0.2, 0.25) is 0 Å². The van der Waals surface area contributed by atoms with Crippen LogP contribution in [0.15, 0.2) is 0 Å². The Morgan fingerprint density at radius 1 is 1.26 bits per heavy atom. The number of nitrogens with zero attached hydrogens (tertiary/aromatic N) is 3. The van der Waals surface area contributed by atoms with Gasteiger partial charge in [-0.3, -0.25) is 9.69 Å². The van der Waals surface area contributed by atoms with E-state index in [0.29, 0.717) is 19.3 Å². The van der Waals surface area contributed by atoms with E-state index in [2.05, 4.69) is 6.07 Å². The van der Waals surface area contributed by atoms with E-state index in [1.165, 1.54) is 0 Å². The Balaban J connectivity index is 3.13. The molecular weight excluding hydrogens is 293 g/mol. The first-order valence-corrected chi connectivity index (χ1v) is 8.05. The van der Waals surface area contributed by atoms with Gasteiger partial charge >= 0.3 is 6.09 Å². The fourth-order valence-corrected chi connectivity index (χ4v) is 3.01. The molecule has 0 N–H and O–H groups in total. The third-order valence-electron chi connectivity index (χ3n) is 3.74. The fraction of sp³-hybridized carbons (Fsp3) is 0.824. The first kappa shape index (κ1) is 19.3. The van der Waals surface area contributed by atoms with E-state index in [1.54, 1.807) is 16.8 Å². The number of ether oxygens (including phenoxy) is 1. The van der Waals surface area contributed by atoms with Crippen molar-refractivity contribution in [1.82, 2.24) is 9.80 Å². The number of likely N-dealkylation sites (N-methyl/N-ethyl adjacent to an activating group) is 1. The Hall–Kier alpha value is -1.77. The first-order chi connectivity index (χ1) is 10.4. The van der Waals surface area contributed by atoms with Gasteiger partial charge in [0.1, 0.15) is 17.8 Å². The zero-order valence-corrected chi connectivity index (χ0v) is 15.3. The molecule has 0 aromatic rings. The molecule has 0 radical (unpaired) electrons. The van der Waals surface area contributed by atoms with Crippen LogP contribution in [-0.2, 0) is 9.53 Å². The van der Waals surface area contributed by atoms with E-state index >= 15 is 0 Å². The molecule has 6 nitrogen and oxygen atoms in total. The van der Waals surface area contributed by atoms with Gasteiger partial charge in [0.2, 0.25) is 5.91 Å². The highest BCUT2D eigenvalue weighted by Gasteiger charge is 2.52. The number of rotatable bonds is 3. The van der Waals surface area contributed by atoms with Crippen LogP contribution in [-0.4, -0.2) is 46.7 Å². The van der Waals surface area contributed by atoms with E-state index < -0.39 is 17.7 Å². The normalized spacial score (nSPS) is 22.3. The molecule has 6 heteroatoms. The van der Waals surface area contributed by atoms with Crippen molar-refractivity contribution in [2.75, 3.05) is 7.05 Å². The Morgan fingerprint density at radius 3 is 2.26 bits per heavy atom. The molecule has 0 aromatic carbocycles. The van der Waals surface area contributed by atoms with Crippen molar-refractivity contribution >= 4 is 12.0 Å². The van der Waals surface area contributed by atoms with E-state index in [-0.39, 0.29) is 17.5 Å². The Labute approximate surface area is 139 Å². The summed E-state index contributed by atoms with van der Waals surface area (Å²) in [6.07, 6.45) is 0.587. The lowest BCUT2D eigenvalue weighted by molar-refractivity contribution is -0.129. The van der Waals surface area contributed by atoms with Gasteiger partial charge in [0.15, 0.2) is 0 Å². The summed E-state index contributed by atoms with van der Waals surface area (Å²) >= 11 is 0. The Kier molecular flexibility index (Phi) is 5.68. The fourth-order valence-electron chi connectivity index (χ4n) is 3.01. The number of nitriles is 1. The number of carbonyl (C=O) groups excluding carboxylic acids is 2. The summed E-state index contributed by atoms with van der Waals surface area (Å²) in [7, 11) is 1.72. The third-order valence-corrected chi connectivity index (χ3v) is 3.74. The molecule has 2 atom stereocenters. The minimum atomic E-state index is -0.624. The minimum Gasteiger partial charge on any atom is -0.444 e. The molecule has 0 saturated carbocycles. The standard InChI is InChI=1S/C17H29N3O3/c1-16(2,3)14-19(7)13(21)12(10-8-9-11-18)20(14)15(22)23-17(4,5)6/h12,14H,8-10H2,1-7H3/t12-,14-/m0/s1/i11-1. The van der Waals surface area contributed by atoms with E-state index in [4.69, 9.17) is 10.00 Å². The van der Waals surface area contributed by atoms with Crippen LogP contribution < -0.4 is 0 Å². The van der Waals surface area contributed by atoms with Gasteiger partial charge in [-0.1, -0.05) is 20.8 Å². The highest BCUT2D eigenvalue weighted by molar-refractivity contribution is 5.89. The van der Waals surface area contributed by atoms with Crippen LogP contribution in [0.4, 0.5) is 4.79 Å². The van der Waals surface area contributed by atoms with Gasteiger partial charge in [0.05, 0.1) is 6.07 Å². The maximum Gasteiger partial charge on any atom is 0.412 e. The van der Waals surface area contributed by atoms with Crippen molar-refractivity contribution in [1.29, 1.82) is 5.26 Å². The maximum absolute atomic E-state index is 12.7. The summed E-state index contributed by atoms with van der Waals surface area (Å²) in [5, 5.41) is 8.72. The molecule has 1 aliphatic heterocycles. The van der Waals surface area contributed by atoms with Crippen LogP contribution in [0, 0.1) is 16.7 Å². The minimum absolute atomic E-state index is 0.0891. The highest BCUT2D eigenvalue weighted by Crippen LogP contribution is 2.36. The molecule has 130 valence electrons. The number of unbranched alkanes of at least 4 members (excludes halogenated alkanes) is 1. The molecular formula is C17H29N3O3. The smallest absolute Gasteiger partial charge is 0.412 e. The number of carbonyl (C=O) groups is 2. The van der Waals surface area contributed by atoms with Crippen molar-refractivity contribution in [3.05, 3.63) is 0 Å². The molecule has 1 aliphatic rings. The van der Waals surface area contributed by atoms with Gasteiger partial charge in [-0.2, -0.15) is 5.26 Å². The van der Waals surface area contributed by atoms with Gasteiger partial charge in [-0.05, 0) is 33.6 Å². The molecule has 0 aromatic heterocycles. The lowest BCUT2D eigenvalue weighted by Gasteiger charge is -2.39. The summed E-state index contributed by atoms with van der Waals surface area (Å²) in [4.78, 5) is 28.5. The van der Waals surface area contributed by atoms with Gasteiger partial charge < -0.3 is 9.64 Å². The first-order valence-electron chi connectivity index (χ1n) is 8.05. The molecule has 0 unspecified atom stereocenters. The summed E-state index contributed by atoms with van der Waals surface area (Å²) in [6, 6.07) is 1.52. The average molecular weight is 322 g/mol. The second-order valence-corrected chi connectivity index (χ2v) is 8.14. The van der Waals surface area contributed by atoms with Crippen LogP contribution in [0.25, 0.3) is 0 Å². The second kappa shape index (κ2) is 6.77. The monoisotopic (exact) mass is 322 g/mol.